The topological polar surface area (TPSA) is 83.5 Å². The summed E-state index contributed by atoms with van der Waals surface area (Å²) in [5.41, 5.74) is 0.466. The van der Waals surface area contributed by atoms with Crippen LogP contribution < -0.4 is 10.2 Å². The van der Waals surface area contributed by atoms with Gasteiger partial charge in [0.05, 0.1) is 11.5 Å². The summed E-state index contributed by atoms with van der Waals surface area (Å²) in [5, 5.41) is 2.72. The molecule has 2 atom stereocenters. The minimum atomic E-state index is -3.08. The molecular formula is C15H17FN2O4S. The highest BCUT2D eigenvalue weighted by atomic mass is 32.2. The number of carbonyl (C=O) groups excluding carboxylic acids is 2. The molecule has 2 aliphatic rings. The van der Waals surface area contributed by atoms with Crippen molar-refractivity contribution < 1.29 is 22.4 Å². The van der Waals surface area contributed by atoms with Gasteiger partial charge in [-0.15, -0.1) is 0 Å². The van der Waals surface area contributed by atoms with E-state index in [1.165, 1.54) is 29.2 Å². The largest absolute Gasteiger partial charge is 0.351 e. The van der Waals surface area contributed by atoms with Crippen LogP contribution in [0.1, 0.15) is 19.3 Å². The molecule has 2 heterocycles. The van der Waals surface area contributed by atoms with Gasteiger partial charge in [-0.1, -0.05) is 0 Å². The van der Waals surface area contributed by atoms with E-state index in [-0.39, 0.29) is 29.7 Å². The van der Waals surface area contributed by atoms with Gasteiger partial charge in [0.2, 0.25) is 11.8 Å². The van der Waals surface area contributed by atoms with Crippen molar-refractivity contribution in [1.82, 2.24) is 5.32 Å². The van der Waals surface area contributed by atoms with Crippen molar-refractivity contribution in [2.45, 2.75) is 31.3 Å². The Balaban J connectivity index is 1.74. The van der Waals surface area contributed by atoms with Crippen molar-refractivity contribution in [1.29, 1.82) is 0 Å². The number of halogens is 1. The molecule has 1 N–H and O–H groups in total. The van der Waals surface area contributed by atoms with E-state index in [1.807, 2.05) is 0 Å². The third kappa shape index (κ3) is 3.36. The molecule has 124 valence electrons. The zero-order valence-corrected chi connectivity index (χ0v) is 13.2. The highest BCUT2D eigenvalue weighted by molar-refractivity contribution is 7.91. The Morgan fingerprint density at radius 2 is 1.91 bits per heavy atom. The molecule has 1 aromatic rings. The molecule has 2 aliphatic heterocycles. The smallest absolute Gasteiger partial charge is 0.243 e. The average Bonchev–Trinajstić information content (AvgIpc) is 3.02. The van der Waals surface area contributed by atoms with E-state index in [4.69, 9.17) is 0 Å². The van der Waals surface area contributed by atoms with Gasteiger partial charge in [-0.2, -0.15) is 0 Å². The maximum absolute atomic E-state index is 13.0. The molecule has 0 aliphatic carbocycles. The van der Waals surface area contributed by atoms with Gasteiger partial charge >= 0.3 is 0 Å². The molecule has 0 saturated carbocycles. The molecule has 23 heavy (non-hydrogen) atoms. The summed E-state index contributed by atoms with van der Waals surface area (Å²) in [5.74, 6) is -0.963. The third-order valence-electron chi connectivity index (χ3n) is 4.20. The Morgan fingerprint density at radius 3 is 2.52 bits per heavy atom. The second-order valence-corrected chi connectivity index (χ2v) is 8.13. The first-order valence-corrected chi connectivity index (χ1v) is 9.26. The summed E-state index contributed by atoms with van der Waals surface area (Å²) < 4.78 is 36.0. The summed E-state index contributed by atoms with van der Waals surface area (Å²) in [6.45, 7) is 0. The van der Waals surface area contributed by atoms with E-state index in [9.17, 15) is 22.4 Å². The maximum atomic E-state index is 13.0. The van der Waals surface area contributed by atoms with Crippen molar-refractivity contribution in [3.8, 4) is 0 Å². The fourth-order valence-electron chi connectivity index (χ4n) is 3.06. The normalized spacial score (nSPS) is 26.5. The Labute approximate surface area is 133 Å². The third-order valence-corrected chi connectivity index (χ3v) is 5.97. The van der Waals surface area contributed by atoms with Gasteiger partial charge in [0, 0.05) is 18.2 Å². The van der Waals surface area contributed by atoms with Crippen LogP contribution in [0, 0.1) is 5.82 Å². The number of nitrogens with zero attached hydrogens (tertiary/aromatic N) is 1. The lowest BCUT2D eigenvalue weighted by Gasteiger charge is -2.25. The lowest BCUT2D eigenvalue weighted by Crippen LogP contribution is -2.48. The minimum absolute atomic E-state index is 0.0596. The van der Waals surface area contributed by atoms with Crippen LogP contribution >= 0.6 is 0 Å². The first kappa shape index (κ1) is 15.9. The van der Waals surface area contributed by atoms with Crippen LogP contribution in [0.25, 0.3) is 0 Å². The lowest BCUT2D eigenvalue weighted by molar-refractivity contribution is -0.124. The van der Waals surface area contributed by atoms with Gasteiger partial charge in [0.15, 0.2) is 9.84 Å². The molecule has 0 spiro atoms. The van der Waals surface area contributed by atoms with Gasteiger partial charge < -0.3 is 5.32 Å². The molecule has 1 aromatic carbocycles. The number of rotatable bonds is 3. The summed E-state index contributed by atoms with van der Waals surface area (Å²) in [6.07, 6.45) is 0.991. The molecule has 0 bridgehead atoms. The van der Waals surface area contributed by atoms with E-state index in [0.717, 1.165) is 0 Å². The SMILES string of the molecule is O=C(NC1CCS(=O)(=O)C1)C1CCC(=O)N1c1ccc(F)cc1. The molecule has 8 heteroatoms. The number of nitrogens with one attached hydrogen (secondary N) is 1. The molecule has 3 rings (SSSR count). The molecule has 6 nitrogen and oxygen atoms in total. The van der Waals surface area contributed by atoms with E-state index in [0.29, 0.717) is 18.5 Å². The first-order valence-electron chi connectivity index (χ1n) is 7.44. The van der Waals surface area contributed by atoms with Gasteiger partial charge in [-0.05, 0) is 37.1 Å². The molecule has 0 radical (unpaired) electrons. The zero-order valence-electron chi connectivity index (χ0n) is 12.4. The Kier molecular flexibility index (Phi) is 4.09. The molecule has 2 unspecified atom stereocenters. The predicted octanol–water partition coefficient (Wildman–Crippen LogP) is 0.624. The number of hydrogen-bond donors (Lipinski definition) is 1. The quantitative estimate of drug-likeness (QED) is 0.874. The summed E-state index contributed by atoms with van der Waals surface area (Å²) in [4.78, 5) is 25.9. The molecular weight excluding hydrogens is 323 g/mol. The predicted molar refractivity (Wildman–Crippen MR) is 82.1 cm³/mol. The van der Waals surface area contributed by atoms with Crippen molar-refractivity contribution in [3.63, 3.8) is 0 Å². The highest BCUT2D eigenvalue weighted by Gasteiger charge is 2.39. The van der Waals surface area contributed by atoms with Crippen LogP contribution in [0.5, 0.6) is 0 Å². The van der Waals surface area contributed by atoms with Crippen LogP contribution in [0.3, 0.4) is 0 Å². The summed E-state index contributed by atoms with van der Waals surface area (Å²) in [7, 11) is -3.08. The second-order valence-electron chi connectivity index (χ2n) is 5.90. The Bertz CT molecular complexity index is 732. The van der Waals surface area contributed by atoms with Crippen LogP contribution in [-0.4, -0.2) is 43.8 Å². The number of carbonyl (C=O) groups is 2. The van der Waals surface area contributed by atoms with Crippen LogP contribution in [0.15, 0.2) is 24.3 Å². The summed E-state index contributed by atoms with van der Waals surface area (Å²) in [6, 6.07) is 4.30. The number of amides is 2. The first-order chi connectivity index (χ1) is 10.9. The average molecular weight is 340 g/mol. The van der Waals surface area contributed by atoms with Gasteiger partial charge in [0.25, 0.3) is 0 Å². The van der Waals surface area contributed by atoms with Crippen LogP contribution in [0.2, 0.25) is 0 Å². The number of hydrogen-bond acceptors (Lipinski definition) is 4. The van der Waals surface area contributed by atoms with E-state index >= 15 is 0 Å². The van der Waals surface area contributed by atoms with Gasteiger partial charge in [-0.25, -0.2) is 12.8 Å². The van der Waals surface area contributed by atoms with E-state index in [2.05, 4.69) is 5.32 Å². The van der Waals surface area contributed by atoms with E-state index < -0.39 is 27.7 Å². The zero-order chi connectivity index (χ0) is 16.6. The number of benzene rings is 1. The van der Waals surface area contributed by atoms with Crippen LogP contribution in [0.4, 0.5) is 10.1 Å². The van der Waals surface area contributed by atoms with Crippen molar-refractivity contribution >= 4 is 27.3 Å². The van der Waals surface area contributed by atoms with Gasteiger partial charge in [0.1, 0.15) is 11.9 Å². The Morgan fingerprint density at radius 1 is 1.22 bits per heavy atom. The van der Waals surface area contributed by atoms with Crippen molar-refractivity contribution in [2.24, 2.45) is 0 Å². The van der Waals surface area contributed by atoms with Crippen molar-refractivity contribution in [3.05, 3.63) is 30.1 Å². The fraction of sp³-hybridized carbons (Fsp3) is 0.467. The maximum Gasteiger partial charge on any atom is 0.243 e. The molecule has 0 aromatic heterocycles. The van der Waals surface area contributed by atoms with E-state index in [1.54, 1.807) is 0 Å². The lowest BCUT2D eigenvalue weighted by atomic mass is 10.1. The fourth-order valence-corrected chi connectivity index (χ4v) is 4.74. The molecule has 2 fully saturated rings. The van der Waals surface area contributed by atoms with Crippen LogP contribution in [-0.2, 0) is 19.4 Å². The highest BCUT2D eigenvalue weighted by Crippen LogP contribution is 2.27. The molecule has 2 amide bonds. The summed E-state index contributed by atoms with van der Waals surface area (Å²) >= 11 is 0. The Hall–Kier alpha value is -1.96. The molecule has 2 saturated heterocycles. The van der Waals surface area contributed by atoms with Gasteiger partial charge in [-0.3, -0.25) is 14.5 Å². The number of sulfone groups is 1. The van der Waals surface area contributed by atoms with Crippen molar-refractivity contribution in [2.75, 3.05) is 16.4 Å². The number of anilines is 1. The second kappa shape index (κ2) is 5.92. The minimum Gasteiger partial charge on any atom is -0.351 e. The monoisotopic (exact) mass is 340 g/mol. The standard InChI is InChI=1S/C15H17FN2O4S/c16-10-1-3-12(4-2-10)18-13(5-6-14(18)19)15(20)17-11-7-8-23(21,22)9-11/h1-4,11,13H,5-9H2,(H,17,20).